The van der Waals surface area contributed by atoms with Gasteiger partial charge >= 0.3 is 6.03 Å². The summed E-state index contributed by atoms with van der Waals surface area (Å²) in [6, 6.07) is 7.65. The van der Waals surface area contributed by atoms with E-state index in [9.17, 15) is 4.79 Å². The first-order valence-corrected chi connectivity index (χ1v) is 6.86. The summed E-state index contributed by atoms with van der Waals surface area (Å²) in [5.41, 5.74) is 9.22. The third-order valence-electron chi connectivity index (χ3n) is 3.16. The lowest BCUT2D eigenvalue weighted by Gasteiger charge is -2.18. The minimum absolute atomic E-state index is 0.284. The number of benzene rings is 1. The second-order valence-corrected chi connectivity index (χ2v) is 4.72. The summed E-state index contributed by atoms with van der Waals surface area (Å²) < 4.78 is 2.11. The first kappa shape index (κ1) is 14.8. The number of hydrazone groups is 1. The van der Waals surface area contributed by atoms with Crippen LogP contribution in [0.4, 0.5) is 4.79 Å². The van der Waals surface area contributed by atoms with E-state index in [0.29, 0.717) is 0 Å². The van der Waals surface area contributed by atoms with E-state index in [4.69, 9.17) is 5.73 Å². The first-order valence-electron chi connectivity index (χ1n) is 6.86. The summed E-state index contributed by atoms with van der Waals surface area (Å²) in [7, 11) is 0. The van der Waals surface area contributed by atoms with Gasteiger partial charge in [-0.25, -0.2) is 15.2 Å². The zero-order valence-electron chi connectivity index (χ0n) is 11.9. The van der Waals surface area contributed by atoms with Crippen molar-refractivity contribution in [3.63, 3.8) is 0 Å². The Bertz CT molecular complexity index is 589. The number of amides is 2. The molecule has 0 aliphatic heterocycles. The quantitative estimate of drug-likeness (QED) is 0.630. The zero-order chi connectivity index (χ0) is 15.1. The number of aromatic nitrogens is 2. The number of rotatable bonds is 6. The molecule has 2 amide bonds. The number of nitrogens with one attached hydrogen (secondary N) is 1. The van der Waals surface area contributed by atoms with Crippen molar-refractivity contribution in [2.75, 3.05) is 0 Å². The lowest BCUT2D eigenvalue weighted by molar-refractivity contribution is 0.249. The molecule has 1 aromatic heterocycles. The van der Waals surface area contributed by atoms with E-state index in [1.165, 1.54) is 5.56 Å². The molecule has 0 spiro atoms. The minimum Gasteiger partial charge on any atom is -0.350 e. The van der Waals surface area contributed by atoms with Crippen LogP contribution in [0.1, 0.15) is 36.9 Å². The second kappa shape index (κ2) is 7.23. The summed E-state index contributed by atoms with van der Waals surface area (Å²) >= 11 is 0. The summed E-state index contributed by atoms with van der Waals surface area (Å²) in [5, 5.41) is 3.74. The molecule has 1 unspecified atom stereocenters. The van der Waals surface area contributed by atoms with E-state index in [1.807, 2.05) is 24.7 Å². The molecule has 110 valence electrons. The van der Waals surface area contributed by atoms with Gasteiger partial charge in [0, 0.05) is 12.4 Å². The summed E-state index contributed by atoms with van der Waals surface area (Å²) in [5.74, 6) is 0. The number of carbonyl (C=O) groups excluding carboxylic acids is 1. The Morgan fingerprint density at radius 1 is 1.48 bits per heavy atom. The van der Waals surface area contributed by atoms with Gasteiger partial charge in [0.2, 0.25) is 0 Å². The maximum atomic E-state index is 10.5. The second-order valence-electron chi connectivity index (χ2n) is 4.72. The molecule has 2 aromatic rings. The normalized spacial score (nSPS) is 12.4. The topological polar surface area (TPSA) is 85.3 Å². The van der Waals surface area contributed by atoms with Crippen molar-refractivity contribution in [2.24, 2.45) is 10.8 Å². The highest BCUT2D eigenvalue weighted by Gasteiger charge is 2.11. The minimum atomic E-state index is -0.675. The van der Waals surface area contributed by atoms with Crippen LogP contribution in [0.5, 0.6) is 0 Å². The molecule has 6 heteroatoms. The lowest BCUT2D eigenvalue weighted by Crippen LogP contribution is -2.24. The fourth-order valence-corrected chi connectivity index (χ4v) is 2.19. The Hall–Kier alpha value is -2.63. The molecule has 1 heterocycles. The predicted octanol–water partition coefficient (Wildman–Crippen LogP) is 2.27. The number of imidazole rings is 1. The van der Waals surface area contributed by atoms with Gasteiger partial charge in [-0.2, -0.15) is 5.10 Å². The maximum Gasteiger partial charge on any atom is 0.332 e. The Balaban J connectivity index is 2.12. The Labute approximate surface area is 123 Å². The van der Waals surface area contributed by atoms with Crippen molar-refractivity contribution in [3.8, 4) is 0 Å². The number of nitrogens with zero attached hydrogens (tertiary/aromatic N) is 3. The standard InChI is InChI=1S/C15H19N5O/c1-2-3-14(20-9-8-17-11-20)13-6-4-12(5-7-13)10-18-19-15(16)21/h4-11,14H,2-3H2,1H3,(H3,16,19,21). The van der Waals surface area contributed by atoms with Crippen molar-refractivity contribution in [1.82, 2.24) is 15.0 Å². The number of nitrogens with two attached hydrogens (primary N) is 1. The number of hydrogen-bond donors (Lipinski definition) is 2. The molecule has 6 nitrogen and oxygen atoms in total. The van der Waals surface area contributed by atoms with Crippen LogP contribution in [0.15, 0.2) is 48.1 Å². The molecule has 0 saturated carbocycles. The van der Waals surface area contributed by atoms with Crippen molar-refractivity contribution < 1.29 is 4.79 Å². The molecule has 2 rings (SSSR count). The van der Waals surface area contributed by atoms with Crippen LogP contribution >= 0.6 is 0 Å². The number of hydrogen-bond acceptors (Lipinski definition) is 3. The molecule has 1 atom stereocenters. The SMILES string of the molecule is CCCC(c1ccc(C=NNC(N)=O)cc1)n1ccnc1. The average Bonchev–Trinajstić information content (AvgIpc) is 2.99. The summed E-state index contributed by atoms with van der Waals surface area (Å²) in [6.45, 7) is 2.17. The smallest absolute Gasteiger partial charge is 0.332 e. The Kier molecular flexibility index (Phi) is 5.09. The number of carbonyl (C=O) groups is 1. The van der Waals surface area contributed by atoms with Gasteiger partial charge in [0.05, 0.1) is 18.6 Å². The molecular formula is C15H19N5O. The van der Waals surface area contributed by atoms with Gasteiger partial charge in [-0.3, -0.25) is 0 Å². The number of primary amides is 1. The summed E-state index contributed by atoms with van der Waals surface area (Å²) in [4.78, 5) is 14.6. The van der Waals surface area contributed by atoms with Gasteiger partial charge in [0.1, 0.15) is 0 Å². The zero-order valence-corrected chi connectivity index (χ0v) is 11.9. The maximum absolute atomic E-state index is 10.5. The van der Waals surface area contributed by atoms with E-state index < -0.39 is 6.03 Å². The number of urea groups is 1. The third kappa shape index (κ3) is 4.17. The van der Waals surface area contributed by atoms with Gasteiger partial charge in [-0.15, -0.1) is 0 Å². The highest BCUT2D eigenvalue weighted by Crippen LogP contribution is 2.23. The molecule has 0 radical (unpaired) electrons. The van der Waals surface area contributed by atoms with Crippen molar-refractivity contribution in [2.45, 2.75) is 25.8 Å². The van der Waals surface area contributed by atoms with Crippen LogP contribution < -0.4 is 11.2 Å². The molecule has 0 bridgehead atoms. The lowest BCUT2D eigenvalue weighted by atomic mass is 10.0. The molecule has 0 fully saturated rings. The highest BCUT2D eigenvalue weighted by atomic mass is 16.2. The van der Waals surface area contributed by atoms with Crippen LogP contribution in [0.25, 0.3) is 0 Å². The van der Waals surface area contributed by atoms with Gasteiger partial charge in [0.25, 0.3) is 0 Å². The van der Waals surface area contributed by atoms with E-state index in [-0.39, 0.29) is 6.04 Å². The molecule has 0 saturated heterocycles. The van der Waals surface area contributed by atoms with Crippen molar-refractivity contribution in [3.05, 3.63) is 54.1 Å². The van der Waals surface area contributed by atoms with Crippen LogP contribution in [-0.2, 0) is 0 Å². The highest BCUT2D eigenvalue weighted by molar-refractivity contribution is 5.81. The van der Waals surface area contributed by atoms with E-state index >= 15 is 0 Å². The van der Waals surface area contributed by atoms with E-state index in [0.717, 1.165) is 18.4 Å². The van der Waals surface area contributed by atoms with Crippen LogP contribution in [-0.4, -0.2) is 21.8 Å². The molecule has 0 aliphatic rings. The van der Waals surface area contributed by atoms with E-state index in [2.05, 4.69) is 39.1 Å². The van der Waals surface area contributed by atoms with Gasteiger partial charge in [-0.05, 0) is 17.5 Å². The molecule has 0 aliphatic carbocycles. The van der Waals surface area contributed by atoms with Crippen molar-refractivity contribution in [1.29, 1.82) is 0 Å². The van der Waals surface area contributed by atoms with Crippen LogP contribution in [0.3, 0.4) is 0 Å². The Morgan fingerprint density at radius 2 is 2.24 bits per heavy atom. The molecule has 3 N–H and O–H groups in total. The van der Waals surface area contributed by atoms with Crippen LogP contribution in [0, 0.1) is 0 Å². The van der Waals surface area contributed by atoms with Crippen molar-refractivity contribution >= 4 is 12.2 Å². The summed E-state index contributed by atoms with van der Waals surface area (Å²) in [6.07, 6.45) is 9.31. The van der Waals surface area contributed by atoms with E-state index in [1.54, 1.807) is 12.4 Å². The fourth-order valence-electron chi connectivity index (χ4n) is 2.19. The predicted molar refractivity (Wildman–Crippen MR) is 82.0 cm³/mol. The monoisotopic (exact) mass is 285 g/mol. The average molecular weight is 285 g/mol. The Morgan fingerprint density at radius 3 is 2.81 bits per heavy atom. The third-order valence-corrected chi connectivity index (χ3v) is 3.16. The van der Waals surface area contributed by atoms with Crippen LogP contribution in [0.2, 0.25) is 0 Å². The largest absolute Gasteiger partial charge is 0.350 e. The molecular weight excluding hydrogens is 266 g/mol. The first-order chi connectivity index (χ1) is 10.2. The van der Waals surface area contributed by atoms with Gasteiger partial charge in [-0.1, -0.05) is 37.6 Å². The van der Waals surface area contributed by atoms with Gasteiger partial charge < -0.3 is 10.3 Å². The molecule has 21 heavy (non-hydrogen) atoms. The van der Waals surface area contributed by atoms with Gasteiger partial charge in [0.15, 0.2) is 0 Å². The fraction of sp³-hybridized carbons (Fsp3) is 0.267. The molecule has 1 aromatic carbocycles.